The molecule has 0 amide bonds. The second-order valence-corrected chi connectivity index (χ2v) is 4.41. The first-order chi connectivity index (χ1) is 6.74. The smallest absolute Gasteiger partial charge is 0.0661 e. The van der Waals surface area contributed by atoms with Gasteiger partial charge in [-0.1, -0.05) is 6.92 Å². The summed E-state index contributed by atoms with van der Waals surface area (Å²) in [6.45, 7) is 2.21. The van der Waals surface area contributed by atoms with E-state index in [9.17, 15) is 0 Å². The van der Waals surface area contributed by atoms with E-state index >= 15 is 0 Å². The van der Waals surface area contributed by atoms with Crippen LogP contribution in [-0.4, -0.2) is 4.98 Å². The first-order valence-corrected chi connectivity index (χ1v) is 5.03. The van der Waals surface area contributed by atoms with E-state index in [2.05, 4.69) is 18.0 Å². The number of pyridine rings is 1. The molecule has 2 atom stereocenters. The molecule has 1 heterocycles. The highest BCUT2D eigenvalue weighted by molar-refractivity contribution is 5.16. The van der Waals surface area contributed by atoms with E-state index in [-0.39, 0.29) is 11.3 Å². The fourth-order valence-corrected chi connectivity index (χ4v) is 2.18. The largest absolute Gasteiger partial charge is 0.265 e. The zero-order valence-electron chi connectivity index (χ0n) is 8.40. The van der Waals surface area contributed by atoms with Crippen LogP contribution in [-0.2, 0) is 6.42 Å². The van der Waals surface area contributed by atoms with Crippen LogP contribution < -0.4 is 0 Å². The van der Waals surface area contributed by atoms with Crippen LogP contribution in [0.3, 0.4) is 0 Å². The van der Waals surface area contributed by atoms with E-state index in [4.69, 9.17) is 5.26 Å². The van der Waals surface area contributed by atoms with Crippen molar-refractivity contribution < 1.29 is 0 Å². The van der Waals surface area contributed by atoms with Gasteiger partial charge in [-0.15, -0.1) is 0 Å². The fourth-order valence-electron chi connectivity index (χ4n) is 2.18. The molecule has 0 aromatic carbocycles. The summed E-state index contributed by atoms with van der Waals surface area (Å²) in [5.41, 5.74) is 1.50. The van der Waals surface area contributed by atoms with Crippen LogP contribution in [0, 0.1) is 22.7 Å². The third kappa shape index (κ3) is 1.50. The molecule has 0 bridgehead atoms. The molecule has 1 fully saturated rings. The number of hydrogen-bond acceptors (Lipinski definition) is 2. The standard InChI is InChI=1S/C12H14N2/c1-12(5-2-11(12)9-13)8-10-3-6-14-7-4-10/h3-4,6-7,11H,2,5,8H2,1H3. The van der Waals surface area contributed by atoms with Gasteiger partial charge in [-0.2, -0.15) is 5.26 Å². The van der Waals surface area contributed by atoms with E-state index in [1.807, 2.05) is 24.5 Å². The van der Waals surface area contributed by atoms with Crippen molar-refractivity contribution in [1.82, 2.24) is 4.98 Å². The molecule has 1 aliphatic carbocycles. The monoisotopic (exact) mass is 186 g/mol. The highest BCUT2D eigenvalue weighted by Crippen LogP contribution is 2.48. The molecule has 0 N–H and O–H groups in total. The summed E-state index contributed by atoms with van der Waals surface area (Å²) in [4.78, 5) is 3.99. The quantitative estimate of drug-likeness (QED) is 0.711. The van der Waals surface area contributed by atoms with Crippen LogP contribution in [0.15, 0.2) is 24.5 Å². The van der Waals surface area contributed by atoms with Crippen molar-refractivity contribution in [1.29, 1.82) is 5.26 Å². The lowest BCUT2D eigenvalue weighted by Gasteiger charge is -2.43. The predicted molar refractivity (Wildman–Crippen MR) is 54.4 cm³/mol. The van der Waals surface area contributed by atoms with Gasteiger partial charge in [0.25, 0.3) is 0 Å². The van der Waals surface area contributed by atoms with E-state index in [1.165, 1.54) is 12.0 Å². The Hall–Kier alpha value is -1.36. The molecule has 0 spiro atoms. The van der Waals surface area contributed by atoms with Crippen LogP contribution in [0.5, 0.6) is 0 Å². The molecular weight excluding hydrogens is 172 g/mol. The molecule has 2 rings (SSSR count). The number of aromatic nitrogens is 1. The second-order valence-electron chi connectivity index (χ2n) is 4.41. The summed E-state index contributed by atoms with van der Waals surface area (Å²) in [6.07, 6.45) is 6.89. The molecule has 0 radical (unpaired) electrons. The van der Waals surface area contributed by atoms with Gasteiger partial charge < -0.3 is 0 Å². The van der Waals surface area contributed by atoms with Gasteiger partial charge in [-0.3, -0.25) is 4.98 Å². The van der Waals surface area contributed by atoms with Gasteiger partial charge in [0.15, 0.2) is 0 Å². The van der Waals surface area contributed by atoms with E-state index < -0.39 is 0 Å². The number of nitrogens with zero attached hydrogens (tertiary/aromatic N) is 2. The minimum atomic E-state index is 0.204. The topological polar surface area (TPSA) is 36.7 Å². The number of hydrogen-bond donors (Lipinski definition) is 0. The first-order valence-electron chi connectivity index (χ1n) is 5.03. The predicted octanol–water partition coefficient (Wildman–Crippen LogP) is 2.56. The number of nitriles is 1. The normalized spacial score (nSPS) is 30.4. The summed E-state index contributed by atoms with van der Waals surface area (Å²) >= 11 is 0. The minimum absolute atomic E-state index is 0.204. The Morgan fingerprint density at radius 2 is 2.29 bits per heavy atom. The van der Waals surface area contributed by atoms with Crippen molar-refractivity contribution >= 4 is 0 Å². The van der Waals surface area contributed by atoms with E-state index in [1.54, 1.807) is 0 Å². The molecule has 14 heavy (non-hydrogen) atoms. The van der Waals surface area contributed by atoms with E-state index in [0.717, 1.165) is 12.8 Å². The van der Waals surface area contributed by atoms with Crippen molar-refractivity contribution in [2.45, 2.75) is 26.2 Å². The Bertz CT molecular complexity index is 352. The fraction of sp³-hybridized carbons (Fsp3) is 0.500. The molecule has 2 heteroatoms. The maximum absolute atomic E-state index is 8.94. The second kappa shape index (κ2) is 3.42. The molecule has 72 valence electrons. The molecule has 2 nitrogen and oxygen atoms in total. The third-order valence-corrected chi connectivity index (χ3v) is 3.36. The van der Waals surface area contributed by atoms with Crippen LogP contribution in [0.2, 0.25) is 0 Å². The lowest BCUT2D eigenvalue weighted by Crippen LogP contribution is -2.38. The average molecular weight is 186 g/mol. The Labute approximate surface area is 84.6 Å². The Morgan fingerprint density at radius 1 is 1.57 bits per heavy atom. The van der Waals surface area contributed by atoms with Crippen molar-refractivity contribution in [2.24, 2.45) is 11.3 Å². The van der Waals surface area contributed by atoms with Gasteiger partial charge in [-0.05, 0) is 42.4 Å². The Kier molecular flexibility index (Phi) is 2.25. The van der Waals surface area contributed by atoms with Crippen LogP contribution >= 0.6 is 0 Å². The molecule has 0 aliphatic heterocycles. The van der Waals surface area contributed by atoms with Crippen LogP contribution in [0.4, 0.5) is 0 Å². The van der Waals surface area contributed by atoms with Crippen LogP contribution in [0.1, 0.15) is 25.3 Å². The SMILES string of the molecule is CC1(Cc2ccncc2)CCC1C#N. The highest BCUT2D eigenvalue weighted by atomic mass is 14.6. The van der Waals surface area contributed by atoms with Gasteiger partial charge in [-0.25, -0.2) is 0 Å². The lowest BCUT2D eigenvalue weighted by molar-refractivity contribution is 0.0955. The van der Waals surface area contributed by atoms with Gasteiger partial charge >= 0.3 is 0 Å². The molecule has 1 aromatic heterocycles. The third-order valence-electron chi connectivity index (χ3n) is 3.36. The molecule has 0 saturated heterocycles. The van der Waals surface area contributed by atoms with Crippen molar-refractivity contribution in [3.8, 4) is 6.07 Å². The lowest BCUT2D eigenvalue weighted by atomic mass is 9.59. The average Bonchev–Trinajstić information content (AvgIpc) is 2.18. The molecular formula is C12H14N2. The zero-order chi connectivity index (χ0) is 10.0. The first kappa shape index (κ1) is 9.21. The van der Waals surface area contributed by atoms with Gasteiger partial charge in [0, 0.05) is 12.4 Å². The van der Waals surface area contributed by atoms with Crippen molar-refractivity contribution in [2.75, 3.05) is 0 Å². The summed E-state index contributed by atoms with van der Waals surface area (Å²) in [6, 6.07) is 6.48. The van der Waals surface area contributed by atoms with Crippen molar-refractivity contribution in [3.63, 3.8) is 0 Å². The molecule has 1 aliphatic rings. The highest BCUT2D eigenvalue weighted by Gasteiger charge is 2.42. The van der Waals surface area contributed by atoms with Crippen LogP contribution in [0.25, 0.3) is 0 Å². The Balaban J connectivity index is 2.09. The molecule has 1 saturated carbocycles. The number of rotatable bonds is 2. The maximum Gasteiger partial charge on any atom is 0.0661 e. The van der Waals surface area contributed by atoms with Crippen molar-refractivity contribution in [3.05, 3.63) is 30.1 Å². The van der Waals surface area contributed by atoms with Gasteiger partial charge in [0.2, 0.25) is 0 Å². The minimum Gasteiger partial charge on any atom is -0.265 e. The van der Waals surface area contributed by atoms with Gasteiger partial charge in [0.05, 0.1) is 12.0 Å². The maximum atomic E-state index is 8.94. The summed E-state index contributed by atoms with van der Waals surface area (Å²) in [5, 5.41) is 8.94. The van der Waals surface area contributed by atoms with Gasteiger partial charge in [0.1, 0.15) is 0 Å². The summed E-state index contributed by atoms with van der Waals surface area (Å²) in [5.74, 6) is 0.246. The molecule has 1 aromatic rings. The zero-order valence-corrected chi connectivity index (χ0v) is 8.40. The summed E-state index contributed by atoms with van der Waals surface area (Å²) in [7, 11) is 0. The summed E-state index contributed by atoms with van der Waals surface area (Å²) < 4.78 is 0. The Morgan fingerprint density at radius 3 is 2.79 bits per heavy atom. The van der Waals surface area contributed by atoms with E-state index in [0.29, 0.717) is 0 Å². The molecule has 2 unspecified atom stereocenters.